The summed E-state index contributed by atoms with van der Waals surface area (Å²) < 4.78 is 16.3. The van der Waals surface area contributed by atoms with E-state index in [0.29, 0.717) is 35.4 Å². The molecule has 0 radical (unpaired) electrons. The third kappa shape index (κ3) is 6.19. The number of carbonyl (C=O) groups is 1. The van der Waals surface area contributed by atoms with Gasteiger partial charge >= 0.3 is 0 Å². The molecule has 0 heterocycles. The zero-order chi connectivity index (χ0) is 18.1. The molecule has 0 fully saturated rings. The number of methoxy groups -OCH3 is 1. The number of hydrogen-bond donors (Lipinski definition) is 1. The van der Waals surface area contributed by atoms with Crippen molar-refractivity contribution >= 4 is 17.5 Å². The van der Waals surface area contributed by atoms with E-state index in [-0.39, 0.29) is 12.5 Å². The molecule has 5 nitrogen and oxygen atoms in total. The first-order chi connectivity index (χ1) is 12.1. The van der Waals surface area contributed by atoms with E-state index in [1.54, 1.807) is 31.4 Å². The molecule has 1 N–H and O–H groups in total. The van der Waals surface area contributed by atoms with Crippen molar-refractivity contribution in [2.24, 2.45) is 0 Å². The number of carbonyl (C=O) groups excluding carboxylic acids is 1. The predicted octanol–water partition coefficient (Wildman–Crippen LogP) is 3.83. The number of amides is 1. The highest BCUT2D eigenvalue weighted by Gasteiger charge is 2.07. The van der Waals surface area contributed by atoms with E-state index in [1.807, 2.05) is 25.1 Å². The lowest BCUT2D eigenvalue weighted by Crippen LogP contribution is -2.28. The fraction of sp³-hybridized carbons (Fsp3) is 0.316. The van der Waals surface area contributed by atoms with E-state index in [0.717, 1.165) is 12.0 Å². The minimum atomic E-state index is -0.208. The summed E-state index contributed by atoms with van der Waals surface area (Å²) >= 11 is 5.80. The first-order valence-electron chi connectivity index (χ1n) is 8.07. The van der Waals surface area contributed by atoms with Crippen LogP contribution in [0.3, 0.4) is 0 Å². The molecule has 0 aliphatic carbocycles. The lowest BCUT2D eigenvalue weighted by atomic mass is 10.2. The van der Waals surface area contributed by atoms with E-state index in [2.05, 4.69) is 5.32 Å². The summed E-state index contributed by atoms with van der Waals surface area (Å²) in [6.45, 7) is 3.00. The van der Waals surface area contributed by atoms with Gasteiger partial charge in [0.2, 0.25) is 0 Å². The van der Waals surface area contributed by atoms with Gasteiger partial charge in [0.1, 0.15) is 5.75 Å². The molecule has 0 aliphatic rings. The molecule has 0 atom stereocenters. The number of nitrogens with one attached hydrogen (secondary N) is 1. The lowest BCUT2D eigenvalue weighted by molar-refractivity contribution is -0.123. The molecular formula is C19H22ClNO4. The third-order valence-corrected chi connectivity index (χ3v) is 3.61. The van der Waals surface area contributed by atoms with Gasteiger partial charge in [-0.1, -0.05) is 24.6 Å². The molecule has 0 bridgehead atoms. The van der Waals surface area contributed by atoms with E-state index in [9.17, 15) is 4.79 Å². The van der Waals surface area contributed by atoms with Crippen LogP contribution in [0, 0.1) is 0 Å². The Morgan fingerprint density at radius 1 is 1.08 bits per heavy atom. The van der Waals surface area contributed by atoms with Crippen molar-refractivity contribution < 1.29 is 19.0 Å². The number of hydrogen-bond acceptors (Lipinski definition) is 4. The van der Waals surface area contributed by atoms with E-state index < -0.39 is 0 Å². The van der Waals surface area contributed by atoms with Crippen molar-refractivity contribution in [2.45, 2.75) is 19.9 Å². The lowest BCUT2D eigenvalue weighted by Gasteiger charge is -2.12. The standard InChI is InChI=1S/C19H22ClNO4/c1-3-10-24-17-9-4-14(11-18(17)23-2)12-21-19(22)13-25-16-7-5-15(20)6-8-16/h4-9,11H,3,10,12-13H2,1-2H3,(H,21,22). The van der Waals surface area contributed by atoms with Gasteiger partial charge < -0.3 is 19.5 Å². The Hall–Kier alpha value is -2.40. The smallest absolute Gasteiger partial charge is 0.258 e. The van der Waals surface area contributed by atoms with Crippen molar-refractivity contribution in [3.63, 3.8) is 0 Å². The summed E-state index contributed by atoms with van der Waals surface area (Å²) in [6.07, 6.45) is 0.925. The van der Waals surface area contributed by atoms with E-state index in [1.165, 1.54) is 0 Å². The summed E-state index contributed by atoms with van der Waals surface area (Å²) in [5, 5.41) is 3.43. The molecule has 0 aromatic heterocycles. The second-order valence-corrected chi connectivity index (χ2v) is 5.79. The highest BCUT2D eigenvalue weighted by Crippen LogP contribution is 2.28. The summed E-state index contributed by atoms with van der Waals surface area (Å²) in [6, 6.07) is 12.5. The van der Waals surface area contributed by atoms with Crippen molar-refractivity contribution in [1.82, 2.24) is 5.32 Å². The molecule has 25 heavy (non-hydrogen) atoms. The average Bonchev–Trinajstić information content (AvgIpc) is 2.64. The molecule has 2 rings (SSSR count). The van der Waals surface area contributed by atoms with Crippen LogP contribution in [0.2, 0.25) is 5.02 Å². The van der Waals surface area contributed by atoms with Gasteiger partial charge in [0.05, 0.1) is 13.7 Å². The zero-order valence-electron chi connectivity index (χ0n) is 14.4. The van der Waals surface area contributed by atoms with Crippen molar-refractivity contribution in [2.75, 3.05) is 20.3 Å². The normalized spacial score (nSPS) is 10.2. The van der Waals surface area contributed by atoms with Gasteiger partial charge in [0, 0.05) is 11.6 Å². The third-order valence-electron chi connectivity index (χ3n) is 3.36. The fourth-order valence-electron chi connectivity index (χ4n) is 2.08. The summed E-state index contributed by atoms with van der Waals surface area (Å²) in [5.41, 5.74) is 0.917. The topological polar surface area (TPSA) is 56.8 Å². The predicted molar refractivity (Wildman–Crippen MR) is 97.6 cm³/mol. The van der Waals surface area contributed by atoms with Crippen molar-refractivity contribution in [3.05, 3.63) is 53.1 Å². The summed E-state index contributed by atoms with van der Waals surface area (Å²) in [7, 11) is 1.59. The Morgan fingerprint density at radius 2 is 1.84 bits per heavy atom. The number of benzene rings is 2. The van der Waals surface area contributed by atoms with Crippen molar-refractivity contribution in [3.8, 4) is 17.2 Å². The molecule has 0 unspecified atom stereocenters. The minimum absolute atomic E-state index is 0.0591. The molecule has 2 aromatic rings. The Kier molecular flexibility index (Phi) is 7.41. The second-order valence-electron chi connectivity index (χ2n) is 5.35. The maximum Gasteiger partial charge on any atom is 0.258 e. The zero-order valence-corrected chi connectivity index (χ0v) is 15.1. The number of halogens is 1. The van der Waals surface area contributed by atoms with Crippen molar-refractivity contribution in [1.29, 1.82) is 0 Å². The molecule has 0 saturated carbocycles. The highest BCUT2D eigenvalue weighted by molar-refractivity contribution is 6.30. The van der Waals surface area contributed by atoms with Crippen LogP contribution in [0.4, 0.5) is 0 Å². The maximum atomic E-state index is 11.9. The van der Waals surface area contributed by atoms with E-state index in [4.69, 9.17) is 25.8 Å². The number of ether oxygens (including phenoxy) is 3. The van der Waals surface area contributed by atoms with Gasteiger partial charge in [-0.15, -0.1) is 0 Å². The molecular weight excluding hydrogens is 342 g/mol. The minimum Gasteiger partial charge on any atom is -0.493 e. The summed E-state index contributed by atoms with van der Waals surface area (Å²) in [5.74, 6) is 1.74. The van der Waals surface area contributed by atoms with Crippen LogP contribution < -0.4 is 19.5 Å². The van der Waals surface area contributed by atoms with Crippen LogP contribution in [0.1, 0.15) is 18.9 Å². The highest BCUT2D eigenvalue weighted by atomic mass is 35.5. The Bertz CT molecular complexity index is 688. The molecule has 6 heteroatoms. The average molecular weight is 364 g/mol. The molecule has 2 aromatic carbocycles. The van der Waals surface area contributed by atoms with Gasteiger partial charge in [-0.25, -0.2) is 0 Å². The van der Waals surface area contributed by atoms with Gasteiger partial charge in [-0.3, -0.25) is 4.79 Å². The van der Waals surface area contributed by atoms with Crippen LogP contribution in [-0.4, -0.2) is 26.2 Å². The molecule has 0 saturated heterocycles. The van der Waals surface area contributed by atoms with E-state index >= 15 is 0 Å². The van der Waals surface area contributed by atoms with Crippen LogP contribution in [0.5, 0.6) is 17.2 Å². The number of rotatable bonds is 9. The first-order valence-corrected chi connectivity index (χ1v) is 8.45. The first kappa shape index (κ1) is 18.9. The Labute approximate surface area is 152 Å². The molecule has 0 spiro atoms. The van der Waals surface area contributed by atoms with Gasteiger partial charge in [-0.2, -0.15) is 0 Å². The van der Waals surface area contributed by atoms with Crippen LogP contribution in [0.15, 0.2) is 42.5 Å². The molecule has 134 valence electrons. The van der Waals surface area contributed by atoms with Crippen LogP contribution in [-0.2, 0) is 11.3 Å². The van der Waals surface area contributed by atoms with Gasteiger partial charge in [0.25, 0.3) is 5.91 Å². The SMILES string of the molecule is CCCOc1ccc(CNC(=O)COc2ccc(Cl)cc2)cc1OC. The monoisotopic (exact) mass is 363 g/mol. The van der Waals surface area contributed by atoms with Gasteiger partial charge in [-0.05, 0) is 48.4 Å². The van der Waals surface area contributed by atoms with Gasteiger partial charge in [0.15, 0.2) is 18.1 Å². The molecule has 0 aliphatic heterocycles. The fourth-order valence-corrected chi connectivity index (χ4v) is 2.21. The molecule has 1 amide bonds. The quantitative estimate of drug-likeness (QED) is 0.735. The Balaban J connectivity index is 1.83. The largest absolute Gasteiger partial charge is 0.493 e. The van der Waals surface area contributed by atoms with Crippen LogP contribution in [0.25, 0.3) is 0 Å². The Morgan fingerprint density at radius 3 is 2.52 bits per heavy atom. The second kappa shape index (κ2) is 9.79. The van der Waals surface area contributed by atoms with Crippen LogP contribution >= 0.6 is 11.6 Å². The summed E-state index contributed by atoms with van der Waals surface area (Å²) in [4.78, 5) is 11.9. The maximum absolute atomic E-state index is 11.9.